The number of hydrogen-bond donors (Lipinski definition) is 2. The number of ether oxygens (including phenoxy) is 1. The van der Waals surface area contributed by atoms with Crippen LogP contribution in [0, 0.1) is 0 Å². The predicted molar refractivity (Wildman–Crippen MR) is 91.7 cm³/mol. The van der Waals surface area contributed by atoms with Crippen LogP contribution >= 0.6 is 0 Å². The van der Waals surface area contributed by atoms with Gasteiger partial charge in [-0.05, 0) is 48.7 Å². The largest absolute Gasteiger partial charge is 0.508 e. The third-order valence-corrected chi connectivity index (χ3v) is 3.52. The maximum Gasteiger partial charge on any atom is 0.338 e. The molecule has 2 aromatic rings. The van der Waals surface area contributed by atoms with E-state index in [1.54, 1.807) is 55.5 Å². The number of rotatable bonds is 6. The summed E-state index contributed by atoms with van der Waals surface area (Å²) < 4.78 is 5.17. The molecule has 0 aliphatic rings. The quantitative estimate of drug-likeness (QED) is 0.799. The number of benzene rings is 2. The van der Waals surface area contributed by atoms with Crippen LogP contribution < -0.4 is 5.32 Å². The first-order valence-corrected chi connectivity index (χ1v) is 7.89. The Bertz CT molecular complexity index is 692. The van der Waals surface area contributed by atoms with E-state index in [0.29, 0.717) is 12.1 Å². The standard InChI is InChI=1S/C19H21NO4/c1-3-12-20-18(22)13(2)24-19(23)16-6-4-14(5-7-16)15-8-10-17(21)11-9-15/h4-11,13,21H,3,12H2,1-2H3,(H,20,22). The highest BCUT2D eigenvalue weighted by atomic mass is 16.5. The van der Waals surface area contributed by atoms with Gasteiger partial charge in [0.2, 0.25) is 0 Å². The number of esters is 1. The summed E-state index contributed by atoms with van der Waals surface area (Å²) in [6.07, 6.45) is -0.00804. The topological polar surface area (TPSA) is 75.6 Å². The molecule has 0 aliphatic heterocycles. The second-order valence-corrected chi connectivity index (χ2v) is 5.46. The smallest absolute Gasteiger partial charge is 0.338 e. The van der Waals surface area contributed by atoms with Crippen molar-refractivity contribution < 1.29 is 19.4 Å². The van der Waals surface area contributed by atoms with Gasteiger partial charge in [-0.1, -0.05) is 31.2 Å². The molecule has 24 heavy (non-hydrogen) atoms. The molecule has 0 aliphatic carbocycles. The highest BCUT2D eigenvalue weighted by molar-refractivity contribution is 5.92. The SMILES string of the molecule is CCCNC(=O)C(C)OC(=O)c1ccc(-c2ccc(O)cc2)cc1. The fourth-order valence-corrected chi connectivity index (χ4v) is 2.13. The molecule has 0 aromatic heterocycles. The molecule has 0 radical (unpaired) electrons. The van der Waals surface area contributed by atoms with Gasteiger partial charge in [-0.15, -0.1) is 0 Å². The lowest BCUT2D eigenvalue weighted by atomic mass is 10.0. The fourth-order valence-electron chi connectivity index (χ4n) is 2.13. The van der Waals surface area contributed by atoms with Crippen molar-refractivity contribution in [2.75, 3.05) is 6.54 Å². The molecular weight excluding hydrogens is 306 g/mol. The van der Waals surface area contributed by atoms with Crippen molar-refractivity contribution in [1.29, 1.82) is 0 Å². The molecule has 0 saturated carbocycles. The molecule has 2 N–H and O–H groups in total. The van der Waals surface area contributed by atoms with E-state index in [0.717, 1.165) is 17.5 Å². The molecule has 1 unspecified atom stereocenters. The lowest BCUT2D eigenvalue weighted by Crippen LogP contribution is -2.36. The molecule has 0 bridgehead atoms. The zero-order valence-corrected chi connectivity index (χ0v) is 13.8. The van der Waals surface area contributed by atoms with Crippen LogP contribution in [0.15, 0.2) is 48.5 Å². The van der Waals surface area contributed by atoms with Crippen molar-refractivity contribution >= 4 is 11.9 Å². The summed E-state index contributed by atoms with van der Waals surface area (Å²) >= 11 is 0. The van der Waals surface area contributed by atoms with Gasteiger partial charge in [0.05, 0.1) is 5.56 Å². The number of carbonyl (C=O) groups excluding carboxylic acids is 2. The lowest BCUT2D eigenvalue weighted by Gasteiger charge is -2.13. The third kappa shape index (κ3) is 4.59. The van der Waals surface area contributed by atoms with Gasteiger partial charge in [-0.25, -0.2) is 4.79 Å². The van der Waals surface area contributed by atoms with E-state index in [-0.39, 0.29) is 11.7 Å². The molecule has 0 heterocycles. The van der Waals surface area contributed by atoms with Crippen molar-refractivity contribution in [3.63, 3.8) is 0 Å². The van der Waals surface area contributed by atoms with E-state index in [1.165, 1.54) is 0 Å². The highest BCUT2D eigenvalue weighted by Crippen LogP contribution is 2.22. The van der Waals surface area contributed by atoms with Gasteiger partial charge in [0.15, 0.2) is 6.10 Å². The molecule has 1 atom stereocenters. The van der Waals surface area contributed by atoms with Gasteiger partial charge < -0.3 is 15.2 Å². The first-order valence-electron chi connectivity index (χ1n) is 7.89. The average molecular weight is 327 g/mol. The second-order valence-electron chi connectivity index (χ2n) is 5.46. The average Bonchev–Trinajstić information content (AvgIpc) is 2.60. The zero-order valence-electron chi connectivity index (χ0n) is 13.8. The van der Waals surface area contributed by atoms with E-state index in [2.05, 4.69) is 5.32 Å². The van der Waals surface area contributed by atoms with Gasteiger partial charge in [0.1, 0.15) is 5.75 Å². The lowest BCUT2D eigenvalue weighted by molar-refractivity contribution is -0.129. The van der Waals surface area contributed by atoms with Crippen molar-refractivity contribution in [2.45, 2.75) is 26.4 Å². The van der Waals surface area contributed by atoms with Gasteiger partial charge in [0, 0.05) is 6.54 Å². The molecule has 1 amide bonds. The van der Waals surface area contributed by atoms with Crippen LogP contribution in [-0.2, 0) is 9.53 Å². The van der Waals surface area contributed by atoms with E-state index < -0.39 is 12.1 Å². The van der Waals surface area contributed by atoms with Gasteiger partial charge in [-0.2, -0.15) is 0 Å². The summed E-state index contributed by atoms with van der Waals surface area (Å²) in [4.78, 5) is 23.8. The minimum Gasteiger partial charge on any atom is -0.508 e. The summed E-state index contributed by atoms with van der Waals surface area (Å²) in [6, 6.07) is 13.7. The normalized spacial score (nSPS) is 11.6. The van der Waals surface area contributed by atoms with Crippen LogP contribution in [0.1, 0.15) is 30.6 Å². The Hall–Kier alpha value is -2.82. The first-order chi connectivity index (χ1) is 11.5. The Morgan fingerprint density at radius 2 is 1.58 bits per heavy atom. The Morgan fingerprint density at radius 1 is 1.04 bits per heavy atom. The molecule has 2 rings (SSSR count). The zero-order chi connectivity index (χ0) is 17.5. The fraction of sp³-hybridized carbons (Fsp3) is 0.263. The molecule has 0 fully saturated rings. The van der Waals surface area contributed by atoms with E-state index >= 15 is 0 Å². The number of aromatic hydroxyl groups is 1. The maximum atomic E-state index is 12.1. The van der Waals surface area contributed by atoms with Gasteiger partial charge in [-0.3, -0.25) is 4.79 Å². The van der Waals surface area contributed by atoms with Crippen molar-refractivity contribution in [1.82, 2.24) is 5.32 Å². The molecular formula is C19H21NO4. The minimum absolute atomic E-state index is 0.203. The molecule has 0 saturated heterocycles. The van der Waals surface area contributed by atoms with E-state index in [4.69, 9.17) is 4.74 Å². The van der Waals surface area contributed by atoms with Crippen LogP contribution in [0.3, 0.4) is 0 Å². The minimum atomic E-state index is -0.833. The summed E-state index contributed by atoms with van der Waals surface area (Å²) in [5.74, 6) is -0.633. The van der Waals surface area contributed by atoms with Crippen LogP contribution in [0.25, 0.3) is 11.1 Å². The predicted octanol–water partition coefficient (Wildman–Crippen LogP) is 3.13. The third-order valence-electron chi connectivity index (χ3n) is 3.52. The maximum absolute atomic E-state index is 12.1. The summed E-state index contributed by atoms with van der Waals surface area (Å²) in [6.45, 7) is 4.06. The number of hydrogen-bond acceptors (Lipinski definition) is 4. The summed E-state index contributed by atoms with van der Waals surface area (Å²) in [5, 5.41) is 12.0. The van der Waals surface area contributed by atoms with Gasteiger partial charge >= 0.3 is 5.97 Å². The first kappa shape index (κ1) is 17.5. The highest BCUT2D eigenvalue weighted by Gasteiger charge is 2.18. The van der Waals surface area contributed by atoms with Gasteiger partial charge in [0.25, 0.3) is 5.91 Å². The molecule has 5 nitrogen and oxygen atoms in total. The van der Waals surface area contributed by atoms with E-state index in [1.807, 2.05) is 6.92 Å². The number of nitrogens with one attached hydrogen (secondary N) is 1. The van der Waals surface area contributed by atoms with Crippen molar-refractivity contribution in [3.8, 4) is 16.9 Å². The Morgan fingerprint density at radius 3 is 2.12 bits per heavy atom. The Balaban J connectivity index is 2.00. The van der Waals surface area contributed by atoms with Crippen molar-refractivity contribution in [2.24, 2.45) is 0 Å². The molecule has 5 heteroatoms. The molecule has 2 aromatic carbocycles. The van der Waals surface area contributed by atoms with E-state index in [9.17, 15) is 14.7 Å². The van der Waals surface area contributed by atoms with Crippen LogP contribution in [0.5, 0.6) is 5.75 Å². The molecule has 0 spiro atoms. The Kier molecular flexibility index (Phi) is 5.95. The monoisotopic (exact) mass is 327 g/mol. The van der Waals surface area contributed by atoms with Crippen molar-refractivity contribution in [3.05, 3.63) is 54.1 Å². The number of phenols is 1. The summed E-state index contributed by atoms with van der Waals surface area (Å²) in [5.41, 5.74) is 2.23. The Labute approximate surface area is 141 Å². The van der Waals surface area contributed by atoms with Crippen LogP contribution in [0.4, 0.5) is 0 Å². The molecule has 126 valence electrons. The number of phenolic OH excluding ortho intramolecular Hbond substituents is 1. The second kappa shape index (κ2) is 8.15. The number of amides is 1. The van der Waals surface area contributed by atoms with Crippen LogP contribution in [0.2, 0.25) is 0 Å². The van der Waals surface area contributed by atoms with Crippen LogP contribution in [-0.4, -0.2) is 29.6 Å². The summed E-state index contributed by atoms with van der Waals surface area (Å²) in [7, 11) is 0. The number of carbonyl (C=O) groups is 2.